The molecule has 42 heavy (non-hydrogen) atoms. The molecule has 214 valence electrons. The maximum absolute atomic E-state index is 13.5. The molecule has 0 spiro atoms. The second kappa shape index (κ2) is 10.4. The van der Waals surface area contributed by atoms with Gasteiger partial charge < -0.3 is 15.0 Å². The molecular weight excluding hydrogens is 522 g/mol. The summed E-state index contributed by atoms with van der Waals surface area (Å²) >= 11 is 0. The molecule has 4 atom stereocenters. The van der Waals surface area contributed by atoms with Gasteiger partial charge in [-0.25, -0.2) is 0 Å². The summed E-state index contributed by atoms with van der Waals surface area (Å²) in [5, 5.41) is 12.1. The van der Waals surface area contributed by atoms with Gasteiger partial charge in [-0.05, 0) is 98.4 Å². The van der Waals surface area contributed by atoms with Gasteiger partial charge in [-0.3, -0.25) is 9.59 Å². The summed E-state index contributed by atoms with van der Waals surface area (Å²) in [6.07, 6.45) is 5.74. The average Bonchev–Trinajstić information content (AvgIpc) is 3.76. The zero-order chi connectivity index (χ0) is 29.0. The molecule has 3 aromatic carbocycles. The number of nitriles is 1. The van der Waals surface area contributed by atoms with Crippen molar-refractivity contribution in [2.45, 2.75) is 63.0 Å². The van der Waals surface area contributed by atoms with Gasteiger partial charge in [0.15, 0.2) is 11.4 Å². The van der Waals surface area contributed by atoms with E-state index >= 15 is 0 Å². The van der Waals surface area contributed by atoms with Gasteiger partial charge in [-0.15, -0.1) is 0 Å². The number of hydrogen-bond donors (Lipinski definition) is 1. The fourth-order valence-electron chi connectivity index (χ4n) is 7.70. The second-order valence-corrected chi connectivity index (χ2v) is 12.9. The number of nitrogens with one attached hydrogen (secondary N) is 1. The first kappa shape index (κ1) is 26.9. The lowest BCUT2D eigenvalue weighted by Gasteiger charge is -2.48. The number of amides is 1. The van der Waals surface area contributed by atoms with Crippen molar-refractivity contribution in [3.63, 3.8) is 0 Å². The zero-order valence-corrected chi connectivity index (χ0v) is 24.4. The number of nitrogens with zero attached hydrogens (tertiary/aromatic N) is 2. The molecule has 2 saturated carbocycles. The molecule has 0 saturated heterocycles. The van der Waals surface area contributed by atoms with Crippen molar-refractivity contribution >= 4 is 11.7 Å². The van der Waals surface area contributed by atoms with E-state index in [1.54, 1.807) is 0 Å². The Bertz CT molecular complexity index is 1580. The quantitative estimate of drug-likeness (QED) is 0.384. The fraction of sp³-hybridized carbons (Fsp3) is 0.417. The minimum absolute atomic E-state index is 0.00604. The Morgan fingerprint density at radius 1 is 1.05 bits per heavy atom. The van der Waals surface area contributed by atoms with Gasteiger partial charge >= 0.3 is 0 Å². The van der Waals surface area contributed by atoms with Crippen LogP contribution < -0.4 is 10.1 Å². The molecule has 1 amide bonds. The molecule has 3 aliphatic carbocycles. The first-order valence-electron chi connectivity index (χ1n) is 15.3. The third kappa shape index (κ3) is 4.61. The van der Waals surface area contributed by atoms with Crippen LogP contribution in [-0.4, -0.2) is 48.4 Å². The molecule has 6 nitrogen and oxygen atoms in total. The second-order valence-electron chi connectivity index (χ2n) is 12.9. The van der Waals surface area contributed by atoms with E-state index < -0.39 is 5.60 Å². The van der Waals surface area contributed by atoms with E-state index in [0.29, 0.717) is 48.2 Å². The van der Waals surface area contributed by atoms with Crippen molar-refractivity contribution in [1.29, 1.82) is 5.26 Å². The number of likely N-dealkylation sites (N-methyl/N-ethyl adjacent to an activating group) is 1. The molecular formula is C36H37N3O3. The van der Waals surface area contributed by atoms with Gasteiger partial charge in [-0.1, -0.05) is 42.5 Å². The maximum atomic E-state index is 13.5. The number of rotatable bonds is 8. The van der Waals surface area contributed by atoms with Crippen LogP contribution in [0.3, 0.4) is 0 Å². The van der Waals surface area contributed by atoms with Gasteiger partial charge in [0.25, 0.3) is 5.91 Å². The lowest BCUT2D eigenvalue weighted by atomic mass is 9.60. The zero-order valence-electron chi connectivity index (χ0n) is 24.4. The van der Waals surface area contributed by atoms with Crippen molar-refractivity contribution in [3.05, 3.63) is 88.5 Å². The molecule has 0 aromatic heterocycles. The Labute approximate surface area is 247 Å². The summed E-state index contributed by atoms with van der Waals surface area (Å²) in [5.74, 6) is 1.82. The summed E-state index contributed by atoms with van der Waals surface area (Å²) in [6.45, 7) is 3.59. The Balaban J connectivity index is 1.06. The maximum Gasteiger partial charge on any atom is 0.255 e. The van der Waals surface area contributed by atoms with Crippen molar-refractivity contribution in [1.82, 2.24) is 10.2 Å². The normalized spacial score (nSPS) is 25.5. The molecule has 7 rings (SSSR count). The van der Waals surface area contributed by atoms with Gasteiger partial charge in [0.05, 0.1) is 17.2 Å². The summed E-state index contributed by atoms with van der Waals surface area (Å²) < 4.78 is 6.56. The molecule has 2 fully saturated rings. The van der Waals surface area contributed by atoms with E-state index in [-0.39, 0.29) is 17.6 Å². The van der Waals surface area contributed by atoms with Crippen molar-refractivity contribution in [3.8, 4) is 22.9 Å². The van der Waals surface area contributed by atoms with Crippen molar-refractivity contribution in [2.24, 2.45) is 11.8 Å². The van der Waals surface area contributed by atoms with Gasteiger partial charge in [0.1, 0.15) is 5.75 Å². The SMILES string of the molecule is CN(CC1CC1)[C@@H]1Cc2ccc(C(=O)NCCc3ccc(-c4ccc(C#N)cc4)cc3)c3c2C2[C@H]1CCC(=O)C2(C)O3. The smallest absolute Gasteiger partial charge is 0.255 e. The number of benzene rings is 3. The van der Waals surface area contributed by atoms with E-state index in [1.165, 1.54) is 18.4 Å². The fourth-order valence-corrected chi connectivity index (χ4v) is 7.70. The first-order chi connectivity index (χ1) is 20.4. The topological polar surface area (TPSA) is 82.4 Å². The lowest BCUT2D eigenvalue weighted by Crippen LogP contribution is -2.56. The van der Waals surface area contributed by atoms with Crippen LogP contribution in [0.5, 0.6) is 5.75 Å². The molecule has 3 aromatic rings. The van der Waals surface area contributed by atoms with Gasteiger partial charge in [0, 0.05) is 37.0 Å². The minimum Gasteiger partial charge on any atom is -0.478 e. The largest absolute Gasteiger partial charge is 0.478 e. The Morgan fingerprint density at radius 3 is 2.45 bits per heavy atom. The molecule has 1 aliphatic heterocycles. The lowest BCUT2D eigenvalue weighted by molar-refractivity contribution is -0.139. The predicted molar refractivity (Wildman–Crippen MR) is 161 cm³/mol. The van der Waals surface area contributed by atoms with Crippen LogP contribution in [0.25, 0.3) is 11.1 Å². The van der Waals surface area contributed by atoms with E-state index in [9.17, 15) is 9.59 Å². The van der Waals surface area contributed by atoms with Crippen LogP contribution in [0.4, 0.5) is 0 Å². The van der Waals surface area contributed by atoms with E-state index in [0.717, 1.165) is 47.6 Å². The predicted octanol–water partition coefficient (Wildman–Crippen LogP) is 5.68. The third-order valence-electron chi connectivity index (χ3n) is 10.2. The number of hydrogen-bond acceptors (Lipinski definition) is 5. The molecule has 4 aliphatic rings. The highest BCUT2D eigenvalue weighted by atomic mass is 16.5. The highest BCUT2D eigenvalue weighted by Gasteiger charge is 2.60. The summed E-state index contributed by atoms with van der Waals surface area (Å²) in [4.78, 5) is 29.3. The van der Waals surface area contributed by atoms with Gasteiger partial charge in [-0.2, -0.15) is 5.26 Å². The number of ketones is 1. The van der Waals surface area contributed by atoms with Gasteiger partial charge in [0.2, 0.25) is 0 Å². The highest BCUT2D eigenvalue weighted by Crippen LogP contribution is 2.59. The number of carbonyl (C=O) groups is 2. The monoisotopic (exact) mass is 559 g/mol. The Kier molecular flexibility index (Phi) is 6.66. The molecule has 0 radical (unpaired) electrons. The van der Waals surface area contributed by atoms with Crippen LogP contribution in [-0.2, 0) is 17.6 Å². The first-order valence-corrected chi connectivity index (χ1v) is 15.3. The molecule has 0 bridgehead atoms. The standard InChI is InChI=1S/C36H37N3O3/c1-36-31(40)16-15-28-30(39(2)21-24-3-4-24)19-27-13-14-29(34(42-36)32(27)33(28)36)35(41)38-18-17-22-5-9-25(10-6-22)26-11-7-23(20-37)8-12-26/h5-14,24,28,30,33H,3-4,15-19,21H2,1-2H3,(H,38,41)/t28-,30+,33?,36?/m0/s1. The van der Waals surface area contributed by atoms with Crippen LogP contribution in [0.15, 0.2) is 60.7 Å². The third-order valence-corrected chi connectivity index (χ3v) is 10.2. The summed E-state index contributed by atoms with van der Waals surface area (Å²) in [5.41, 5.74) is 5.92. The number of ether oxygens (including phenoxy) is 1. The molecule has 1 N–H and O–H groups in total. The van der Waals surface area contributed by atoms with Crippen molar-refractivity contribution in [2.75, 3.05) is 20.1 Å². The molecule has 1 heterocycles. The van der Waals surface area contributed by atoms with Crippen molar-refractivity contribution < 1.29 is 14.3 Å². The van der Waals surface area contributed by atoms with Crippen LogP contribution in [0.1, 0.15) is 71.1 Å². The van der Waals surface area contributed by atoms with Crippen LogP contribution in [0.2, 0.25) is 0 Å². The summed E-state index contributed by atoms with van der Waals surface area (Å²) in [7, 11) is 2.25. The Hall–Kier alpha value is -3.95. The molecule has 6 heteroatoms. The number of Topliss-reactive ketones (excluding diaryl/α,β-unsaturated/α-hetero) is 1. The van der Waals surface area contributed by atoms with Crippen LogP contribution >= 0.6 is 0 Å². The molecule has 2 unspecified atom stereocenters. The number of carbonyl (C=O) groups excluding carboxylic acids is 2. The van der Waals surface area contributed by atoms with E-state index in [2.05, 4.69) is 53.7 Å². The highest BCUT2D eigenvalue weighted by molar-refractivity contribution is 5.99. The van der Waals surface area contributed by atoms with E-state index in [1.807, 2.05) is 37.3 Å². The van der Waals surface area contributed by atoms with Crippen LogP contribution in [0, 0.1) is 23.2 Å². The average molecular weight is 560 g/mol. The minimum atomic E-state index is -0.897. The Morgan fingerprint density at radius 2 is 1.76 bits per heavy atom. The van der Waals surface area contributed by atoms with E-state index in [4.69, 9.17) is 10.00 Å². The summed E-state index contributed by atoms with van der Waals surface area (Å²) in [6, 6.07) is 22.4.